The van der Waals surface area contributed by atoms with Gasteiger partial charge in [0.2, 0.25) is 0 Å². The van der Waals surface area contributed by atoms with Crippen LogP contribution in [0.5, 0.6) is 11.5 Å². The summed E-state index contributed by atoms with van der Waals surface area (Å²) in [4.78, 5) is 4.74. The topological polar surface area (TPSA) is 95.5 Å². The lowest BCUT2D eigenvalue weighted by Crippen LogP contribution is -2.41. The third-order valence-corrected chi connectivity index (χ3v) is 18.8. The number of nitriles is 2. The van der Waals surface area contributed by atoms with E-state index in [1.165, 1.54) is 37.6 Å². The van der Waals surface area contributed by atoms with E-state index < -0.39 is 8.32 Å². The molecule has 2 heterocycles. The number of hydrogen-bond donors (Lipinski definition) is 1. The second kappa shape index (κ2) is 18.1. The van der Waals surface area contributed by atoms with E-state index in [0.717, 1.165) is 52.1 Å². The molecule has 6 nitrogen and oxygen atoms in total. The molecule has 0 bridgehead atoms. The molecule has 0 saturated heterocycles. The van der Waals surface area contributed by atoms with Gasteiger partial charge in [-0.05, 0) is 177 Å². The number of benzene rings is 4. The zero-order chi connectivity index (χ0) is 43.6. The van der Waals surface area contributed by atoms with Crippen LogP contribution in [0.3, 0.4) is 0 Å². The summed E-state index contributed by atoms with van der Waals surface area (Å²) in [6.45, 7) is 19.4. The van der Waals surface area contributed by atoms with Crippen molar-refractivity contribution < 1.29 is 19.0 Å². The van der Waals surface area contributed by atoms with Gasteiger partial charge in [-0.1, -0.05) is 57.2 Å². The Hall–Kier alpha value is -5.00. The Morgan fingerprint density at radius 2 is 1.10 bits per heavy atom. The van der Waals surface area contributed by atoms with Crippen LogP contribution in [0.4, 0.5) is 0 Å². The standard InChI is InChI=1S/C29H35NO2SSi.C23H21NO2S/c1-19(2)31-25-13-11-20(17-21(25)18-30)27-15-16-28(33-27)24-10-8-9-23-22(24)12-14-26(23)32-34(6,7)29(3,4)5;1-14(2)26-21-9-6-15(12-16(21)13-24)22-10-11-23(27-22)19-5-3-4-18-17(19)7-8-20(18)25/h8-11,13,15-17,19,26H,12,14H2,1-7H3;3-6,9-12,14,20,25H,7-8H2,1-2H3. The van der Waals surface area contributed by atoms with Crippen LogP contribution in [0.15, 0.2) is 97.1 Å². The summed E-state index contributed by atoms with van der Waals surface area (Å²) in [5, 5.41) is 29.4. The Morgan fingerprint density at radius 3 is 1.57 bits per heavy atom. The summed E-state index contributed by atoms with van der Waals surface area (Å²) in [5.41, 5.74) is 10.8. The molecule has 6 aromatic rings. The van der Waals surface area contributed by atoms with Gasteiger partial charge in [0.05, 0.1) is 35.5 Å². The molecule has 2 aromatic heterocycles. The first-order valence-electron chi connectivity index (χ1n) is 21.3. The molecule has 1 N–H and O–H groups in total. The number of hydrogen-bond acceptors (Lipinski definition) is 8. The maximum atomic E-state index is 10.1. The molecule has 314 valence electrons. The third-order valence-electron chi connectivity index (χ3n) is 11.9. The van der Waals surface area contributed by atoms with Crippen molar-refractivity contribution in [2.75, 3.05) is 0 Å². The molecular formula is C52H56N2O4S2Si. The summed E-state index contributed by atoms with van der Waals surface area (Å²) in [5.74, 6) is 1.27. The van der Waals surface area contributed by atoms with Gasteiger partial charge >= 0.3 is 0 Å². The van der Waals surface area contributed by atoms with Crippen molar-refractivity contribution in [1.29, 1.82) is 10.5 Å². The first kappa shape index (κ1) is 44.1. The second-order valence-corrected chi connectivity index (χ2v) is 24.9. The van der Waals surface area contributed by atoms with E-state index in [9.17, 15) is 15.6 Å². The fourth-order valence-electron chi connectivity index (χ4n) is 7.90. The second-order valence-electron chi connectivity index (χ2n) is 18.0. The molecule has 0 amide bonds. The Morgan fingerprint density at radius 1 is 0.639 bits per heavy atom. The molecule has 2 aliphatic rings. The summed E-state index contributed by atoms with van der Waals surface area (Å²) < 4.78 is 18.3. The van der Waals surface area contributed by atoms with Crippen LogP contribution in [-0.2, 0) is 17.3 Å². The van der Waals surface area contributed by atoms with Gasteiger partial charge in [-0.3, -0.25) is 0 Å². The molecule has 0 aliphatic heterocycles. The van der Waals surface area contributed by atoms with Crippen LogP contribution in [0, 0.1) is 22.7 Å². The van der Waals surface area contributed by atoms with Crippen molar-refractivity contribution in [3.63, 3.8) is 0 Å². The average molecular weight is 865 g/mol. The lowest BCUT2D eigenvalue weighted by atomic mass is 10.0. The minimum absolute atomic E-state index is 0.0341. The number of rotatable bonds is 10. The SMILES string of the molecule is CC(C)Oc1ccc(-c2ccc(-c3cccc4c3CCC4O)s2)cc1C#N.CC(C)Oc1ccc(-c2ccc(-c3cccc4c3CCC4O[Si](C)(C)C(C)(C)C)s2)cc1C#N. The molecule has 9 heteroatoms. The summed E-state index contributed by atoms with van der Waals surface area (Å²) in [7, 11) is -1.83. The minimum Gasteiger partial charge on any atom is -0.490 e. The maximum Gasteiger partial charge on any atom is 0.192 e. The van der Waals surface area contributed by atoms with Gasteiger partial charge in [0, 0.05) is 19.5 Å². The summed E-state index contributed by atoms with van der Waals surface area (Å²) in [6.07, 6.45) is 3.75. The van der Waals surface area contributed by atoms with Crippen LogP contribution < -0.4 is 9.47 Å². The van der Waals surface area contributed by atoms with Crippen LogP contribution in [0.1, 0.15) is 107 Å². The quantitative estimate of drug-likeness (QED) is 0.138. The zero-order valence-corrected chi connectivity index (χ0v) is 39.4. The molecule has 2 atom stereocenters. The van der Waals surface area contributed by atoms with Gasteiger partial charge in [0.1, 0.15) is 23.6 Å². The molecule has 2 aliphatic carbocycles. The zero-order valence-electron chi connectivity index (χ0n) is 36.8. The predicted molar refractivity (Wildman–Crippen MR) is 254 cm³/mol. The smallest absolute Gasteiger partial charge is 0.192 e. The Labute approximate surface area is 371 Å². The highest BCUT2D eigenvalue weighted by Gasteiger charge is 2.41. The fourth-order valence-corrected chi connectivity index (χ4v) is 11.3. The largest absolute Gasteiger partial charge is 0.490 e. The Balaban J connectivity index is 0.000000189. The first-order chi connectivity index (χ1) is 29.1. The van der Waals surface area contributed by atoms with Crippen molar-refractivity contribution in [3.05, 3.63) is 130 Å². The Kier molecular flexibility index (Phi) is 13.1. The summed E-state index contributed by atoms with van der Waals surface area (Å²) >= 11 is 3.49. The average Bonchev–Trinajstić information content (AvgIpc) is 4.05. The normalized spacial score (nSPS) is 15.8. The van der Waals surface area contributed by atoms with E-state index in [4.69, 9.17) is 13.9 Å². The van der Waals surface area contributed by atoms with Gasteiger partial charge in [-0.15, -0.1) is 22.7 Å². The van der Waals surface area contributed by atoms with E-state index in [2.05, 4.69) is 94.5 Å². The monoisotopic (exact) mass is 864 g/mol. The minimum atomic E-state index is -1.83. The third kappa shape index (κ3) is 9.58. The molecule has 0 saturated carbocycles. The van der Waals surface area contributed by atoms with Gasteiger partial charge < -0.3 is 19.0 Å². The number of thiophene rings is 2. The summed E-state index contributed by atoms with van der Waals surface area (Å²) in [6, 6.07) is 37.7. The van der Waals surface area contributed by atoms with Gasteiger partial charge in [-0.25, -0.2) is 0 Å². The molecule has 0 spiro atoms. The van der Waals surface area contributed by atoms with E-state index in [1.54, 1.807) is 22.7 Å². The van der Waals surface area contributed by atoms with E-state index >= 15 is 0 Å². The van der Waals surface area contributed by atoms with Crippen LogP contribution >= 0.6 is 22.7 Å². The molecule has 0 fully saturated rings. The molecule has 0 radical (unpaired) electrons. The van der Waals surface area contributed by atoms with Crippen molar-refractivity contribution in [2.24, 2.45) is 0 Å². The lowest BCUT2D eigenvalue weighted by molar-refractivity contribution is 0.180. The van der Waals surface area contributed by atoms with Crippen LogP contribution in [-0.4, -0.2) is 25.6 Å². The van der Waals surface area contributed by atoms with E-state index in [1.807, 2.05) is 76.2 Å². The molecule has 61 heavy (non-hydrogen) atoms. The fraction of sp³-hybridized carbons (Fsp3) is 0.346. The highest BCUT2D eigenvalue weighted by Crippen LogP contribution is 2.47. The highest BCUT2D eigenvalue weighted by atomic mass is 32.1. The molecule has 4 aromatic carbocycles. The lowest BCUT2D eigenvalue weighted by Gasteiger charge is -2.38. The molecular weight excluding hydrogens is 809 g/mol. The van der Waals surface area contributed by atoms with Crippen molar-refractivity contribution in [2.45, 2.75) is 117 Å². The number of nitrogens with zero attached hydrogens (tertiary/aromatic N) is 2. The van der Waals surface area contributed by atoms with E-state index in [0.29, 0.717) is 22.6 Å². The maximum absolute atomic E-state index is 10.1. The van der Waals surface area contributed by atoms with Crippen molar-refractivity contribution in [3.8, 4) is 65.4 Å². The first-order valence-corrected chi connectivity index (χ1v) is 25.8. The number of aliphatic hydroxyl groups excluding tert-OH is 1. The van der Waals surface area contributed by atoms with Crippen LogP contribution in [0.25, 0.3) is 41.8 Å². The number of fused-ring (bicyclic) bond motifs is 2. The van der Waals surface area contributed by atoms with Crippen molar-refractivity contribution >= 4 is 31.0 Å². The van der Waals surface area contributed by atoms with Crippen LogP contribution in [0.2, 0.25) is 18.1 Å². The van der Waals surface area contributed by atoms with Gasteiger partial charge in [-0.2, -0.15) is 10.5 Å². The number of aliphatic hydroxyl groups is 1. The molecule has 2 unspecified atom stereocenters. The van der Waals surface area contributed by atoms with Gasteiger partial charge in [0.25, 0.3) is 0 Å². The predicted octanol–water partition coefficient (Wildman–Crippen LogP) is 14.5. The van der Waals surface area contributed by atoms with E-state index in [-0.39, 0.29) is 29.5 Å². The molecule has 8 rings (SSSR count). The Bertz CT molecular complexity index is 2620. The highest BCUT2D eigenvalue weighted by molar-refractivity contribution is 7.19. The van der Waals surface area contributed by atoms with Gasteiger partial charge in [0.15, 0.2) is 8.32 Å². The van der Waals surface area contributed by atoms with Crippen molar-refractivity contribution in [1.82, 2.24) is 0 Å². The number of ether oxygens (including phenoxy) is 2.